The lowest BCUT2D eigenvalue weighted by Crippen LogP contribution is -2.62. The molecule has 2 saturated carbocycles. The van der Waals surface area contributed by atoms with Gasteiger partial charge in [-0.2, -0.15) is 0 Å². The number of nitrogens with one attached hydrogen (secondary N) is 1. The molecule has 0 aromatic heterocycles. The van der Waals surface area contributed by atoms with E-state index in [9.17, 15) is 4.79 Å². The fourth-order valence-corrected chi connectivity index (χ4v) is 3.74. The van der Waals surface area contributed by atoms with Crippen LogP contribution in [0.15, 0.2) is 0 Å². The Bertz CT molecular complexity index is 382. The summed E-state index contributed by atoms with van der Waals surface area (Å²) in [5.41, 5.74) is -0.443. The van der Waals surface area contributed by atoms with Crippen molar-refractivity contribution in [1.29, 1.82) is 0 Å². The van der Waals surface area contributed by atoms with E-state index < -0.39 is 5.54 Å². The maximum Gasteiger partial charge on any atom is 0.327 e. The van der Waals surface area contributed by atoms with Crippen molar-refractivity contribution in [2.45, 2.75) is 58.0 Å². The molecule has 21 heavy (non-hydrogen) atoms. The van der Waals surface area contributed by atoms with Crippen molar-refractivity contribution in [2.75, 3.05) is 26.2 Å². The van der Waals surface area contributed by atoms with Gasteiger partial charge in [0.05, 0.1) is 6.61 Å². The smallest absolute Gasteiger partial charge is 0.327 e. The second kappa shape index (κ2) is 5.88. The monoisotopic (exact) mass is 294 g/mol. The number of carbonyl (C=O) groups is 1. The first-order valence-electron chi connectivity index (χ1n) is 8.72. The summed E-state index contributed by atoms with van der Waals surface area (Å²) >= 11 is 0. The fourth-order valence-electron chi connectivity index (χ4n) is 3.74. The van der Waals surface area contributed by atoms with Gasteiger partial charge in [-0.05, 0) is 50.4 Å². The molecule has 3 aliphatic rings. The Morgan fingerprint density at radius 3 is 2.29 bits per heavy atom. The van der Waals surface area contributed by atoms with E-state index >= 15 is 0 Å². The number of ether oxygens (including phenoxy) is 1. The zero-order valence-electron chi connectivity index (χ0n) is 13.7. The maximum atomic E-state index is 12.7. The normalized spacial score (nSPS) is 32.9. The van der Waals surface area contributed by atoms with Crippen LogP contribution in [-0.4, -0.2) is 48.7 Å². The zero-order chi connectivity index (χ0) is 15.0. The number of likely N-dealkylation sites (tertiary alicyclic amines) is 1. The van der Waals surface area contributed by atoms with Gasteiger partial charge >= 0.3 is 5.97 Å². The highest BCUT2D eigenvalue weighted by Crippen LogP contribution is 2.43. The van der Waals surface area contributed by atoms with Gasteiger partial charge < -0.3 is 9.64 Å². The third kappa shape index (κ3) is 3.26. The number of nitrogens with zero attached hydrogens (tertiary/aromatic N) is 1. The van der Waals surface area contributed by atoms with E-state index in [1.807, 2.05) is 6.92 Å². The van der Waals surface area contributed by atoms with E-state index in [2.05, 4.69) is 24.1 Å². The highest BCUT2D eigenvalue weighted by atomic mass is 16.5. The summed E-state index contributed by atoms with van der Waals surface area (Å²) in [5, 5.41) is 3.69. The molecule has 4 heteroatoms. The van der Waals surface area contributed by atoms with Crippen molar-refractivity contribution in [3.63, 3.8) is 0 Å². The molecule has 1 saturated heterocycles. The molecule has 1 heterocycles. The Kier molecular flexibility index (Phi) is 4.28. The maximum absolute atomic E-state index is 12.7. The van der Waals surface area contributed by atoms with Gasteiger partial charge in [-0.15, -0.1) is 0 Å². The lowest BCUT2D eigenvalue weighted by molar-refractivity contribution is -0.153. The predicted octanol–water partition coefficient (Wildman–Crippen LogP) is 2.04. The molecule has 0 amide bonds. The Balaban J connectivity index is 1.75. The minimum absolute atomic E-state index is 0.00777. The van der Waals surface area contributed by atoms with E-state index in [1.165, 1.54) is 12.8 Å². The largest absolute Gasteiger partial charge is 0.465 e. The standard InChI is InChI=1S/C17H30N2O2/c1-4-21-16(20)17(14-5-6-14,18-15-7-8-15)11-19-9-12(2)13(3)10-19/h12-15,18H,4-11H2,1-3H3. The lowest BCUT2D eigenvalue weighted by atomic mass is 9.91. The Morgan fingerprint density at radius 1 is 1.19 bits per heavy atom. The van der Waals surface area contributed by atoms with Crippen LogP contribution in [-0.2, 0) is 9.53 Å². The molecule has 120 valence electrons. The SMILES string of the molecule is CCOC(=O)C(CN1CC(C)C(C)C1)(NC1CC1)C1CC1. The molecule has 0 radical (unpaired) electrons. The van der Waals surface area contributed by atoms with Crippen molar-refractivity contribution >= 4 is 5.97 Å². The molecule has 3 atom stereocenters. The van der Waals surface area contributed by atoms with E-state index in [1.54, 1.807) is 0 Å². The third-order valence-corrected chi connectivity index (χ3v) is 5.49. The zero-order valence-corrected chi connectivity index (χ0v) is 13.7. The molecule has 3 rings (SSSR count). The summed E-state index contributed by atoms with van der Waals surface area (Å²) in [6, 6.07) is 0.535. The average molecular weight is 294 g/mol. The van der Waals surface area contributed by atoms with Crippen LogP contribution in [0.3, 0.4) is 0 Å². The molecular formula is C17H30N2O2. The summed E-state index contributed by atoms with van der Waals surface area (Å²) in [6.45, 7) is 10.1. The Hall–Kier alpha value is -0.610. The summed E-state index contributed by atoms with van der Waals surface area (Å²) in [6.07, 6.45) is 4.75. The van der Waals surface area contributed by atoms with Crippen LogP contribution in [0, 0.1) is 17.8 Å². The molecule has 3 fully saturated rings. The van der Waals surface area contributed by atoms with Crippen LogP contribution in [0.5, 0.6) is 0 Å². The summed E-state index contributed by atoms with van der Waals surface area (Å²) in [7, 11) is 0. The Labute approximate surface area is 128 Å². The summed E-state index contributed by atoms with van der Waals surface area (Å²) in [5.74, 6) is 1.92. The molecular weight excluding hydrogens is 264 g/mol. The van der Waals surface area contributed by atoms with Crippen molar-refractivity contribution < 1.29 is 9.53 Å². The van der Waals surface area contributed by atoms with Crippen molar-refractivity contribution in [3.8, 4) is 0 Å². The lowest BCUT2D eigenvalue weighted by Gasteiger charge is -2.36. The van der Waals surface area contributed by atoms with Gasteiger partial charge in [-0.1, -0.05) is 13.8 Å². The molecule has 2 aliphatic carbocycles. The highest BCUT2D eigenvalue weighted by Gasteiger charge is 2.55. The molecule has 0 bridgehead atoms. The molecule has 0 aromatic carbocycles. The van der Waals surface area contributed by atoms with Crippen LogP contribution in [0.2, 0.25) is 0 Å². The summed E-state index contributed by atoms with van der Waals surface area (Å²) in [4.78, 5) is 15.2. The van der Waals surface area contributed by atoms with E-state index in [0.717, 1.165) is 44.3 Å². The molecule has 0 spiro atoms. The van der Waals surface area contributed by atoms with Gasteiger partial charge in [-0.25, -0.2) is 4.79 Å². The fraction of sp³-hybridized carbons (Fsp3) is 0.941. The number of carbonyl (C=O) groups excluding carboxylic acids is 1. The van der Waals surface area contributed by atoms with E-state index in [4.69, 9.17) is 4.74 Å². The van der Waals surface area contributed by atoms with Gasteiger partial charge in [0.25, 0.3) is 0 Å². The molecule has 3 unspecified atom stereocenters. The molecule has 4 nitrogen and oxygen atoms in total. The van der Waals surface area contributed by atoms with Crippen LogP contribution in [0.25, 0.3) is 0 Å². The minimum atomic E-state index is -0.443. The molecule has 1 aliphatic heterocycles. The van der Waals surface area contributed by atoms with Crippen LogP contribution < -0.4 is 5.32 Å². The first-order chi connectivity index (χ1) is 10.0. The van der Waals surface area contributed by atoms with Crippen molar-refractivity contribution in [1.82, 2.24) is 10.2 Å². The molecule has 1 N–H and O–H groups in total. The number of hydrogen-bond acceptors (Lipinski definition) is 4. The van der Waals surface area contributed by atoms with Gasteiger partial charge in [0.2, 0.25) is 0 Å². The Morgan fingerprint density at radius 2 is 1.81 bits per heavy atom. The van der Waals surface area contributed by atoms with Crippen LogP contribution in [0.4, 0.5) is 0 Å². The molecule has 0 aromatic rings. The van der Waals surface area contributed by atoms with Crippen LogP contribution in [0.1, 0.15) is 46.5 Å². The first kappa shape index (κ1) is 15.3. The van der Waals surface area contributed by atoms with E-state index in [0.29, 0.717) is 18.6 Å². The first-order valence-corrected chi connectivity index (χ1v) is 8.72. The topological polar surface area (TPSA) is 41.6 Å². The van der Waals surface area contributed by atoms with Gasteiger partial charge in [0.1, 0.15) is 5.54 Å². The van der Waals surface area contributed by atoms with E-state index in [-0.39, 0.29) is 5.97 Å². The van der Waals surface area contributed by atoms with Crippen molar-refractivity contribution in [3.05, 3.63) is 0 Å². The van der Waals surface area contributed by atoms with Crippen LogP contribution >= 0.6 is 0 Å². The summed E-state index contributed by atoms with van der Waals surface area (Å²) < 4.78 is 5.47. The second-order valence-electron chi connectivity index (χ2n) is 7.53. The highest BCUT2D eigenvalue weighted by molar-refractivity contribution is 5.82. The number of esters is 1. The second-order valence-corrected chi connectivity index (χ2v) is 7.53. The number of hydrogen-bond donors (Lipinski definition) is 1. The van der Waals surface area contributed by atoms with Crippen molar-refractivity contribution in [2.24, 2.45) is 17.8 Å². The minimum Gasteiger partial charge on any atom is -0.465 e. The van der Waals surface area contributed by atoms with Gasteiger partial charge in [-0.3, -0.25) is 5.32 Å². The average Bonchev–Trinajstić information content (AvgIpc) is 3.32. The quantitative estimate of drug-likeness (QED) is 0.730. The van der Waals surface area contributed by atoms with Gasteiger partial charge in [0, 0.05) is 25.7 Å². The number of rotatable bonds is 7. The third-order valence-electron chi connectivity index (χ3n) is 5.49. The van der Waals surface area contributed by atoms with Gasteiger partial charge in [0.15, 0.2) is 0 Å². The predicted molar refractivity (Wildman–Crippen MR) is 83.0 cm³/mol.